The van der Waals surface area contributed by atoms with Crippen LogP contribution in [-0.4, -0.2) is 33.0 Å². The fourth-order valence-electron chi connectivity index (χ4n) is 4.50. The van der Waals surface area contributed by atoms with E-state index in [1.807, 2.05) is 36.4 Å². The van der Waals surface area contributed by atoms with Crippen LogP contribution in [0.5, 0.6) is 23.0 Å². The number of hydrogen-bond acceptors (Lipinski definition) is 4. The second-order valence-electron chi connectivity index (χ2n) is 7.54. The molecule has 4 rings (SSSR count). The van der Waals surface area contributed by atoms with E-state index in [0.717, 1.165) is 65.1 Å². The zero-order chi connectivity index (χ0) is 20.4. The molecule has 3 aromatic carbocycles. The number of ether oxygens (including phenoxy) is 3. The van der Waals surface area contributed by atoms with Crippen LogP contribution in [0.1, 0.15) is 30.0 Å². The Morgan fingerprint density at radius 3 is 2.41 bits per heavy atom. The summed E-state index contributed by atoms with van der Waals surface area (Å²) < 4.78 is 16.5. The summed E-state index contributed by atoms with van der Waals surface area (Å²) in [5, 5.41) is 12.8. The molecule has 0 aliphatic carbocycles. The molecule has 1 aliphatic heterocycles. The Morgan fingerprint density at radius 1 is 0.931 bits per heavy atom. The molecule has 1 aliphatic rings. The molecule has 0 aromatic heterocycles. The molecule has 2 N–H and O–H groups in total. The van der Waals surface area contributed by atoms with E-state index in [2.05, 4.69) is 6.07 Å². The Bertz CT molecular complexity index is 1020. The summed E-state index contributed by atoms with van der Waals surface area (Å²) in [5.41, 5.74) is 2.13. The maximum atomic E-state index is 10.7. The lowest BCUT2D eigenvalue weighted by atomic mass is 10.00. The van der Waals surface area contributed by atoms with Gasteiger partial charge in [-0.25, -0.2) is 0 Å². The van der Waals surface area contributed by atoms with Gasteiger partial charge in [0.15, 0.2) is 0 Å². The van der Waals surface area contributed by atoms with Gasteiger partial charge in [0.2, 0.25) is 0 Å². The Balaban J connectivity index is 1.72. The maximum absolute atomic E-state index is 10.7. The molecule has 1 saturated heterocycles. The molecule has 0 bridgehead atoms. The minimum Gasteiger partial charge on any atom is -0.507 e. The first-order valence-electron chi connectivity index (χ1n) is 9.99. The zero-order valence-corrected chi connectivity index (χ0v) is 17.2. The molecule has 0 saturated carbocycles. The third-order valence-electron chi connectivity index (χ3n) is 6.02. The van der Waals surface area contributed by atoms with Gasteiger partial charge in [-0.15, -0.1) is 0 Å². The van der Waals surface area contributed by atoms with Crippen molar-refractivity contribution in [3.05, 3.63) is 59.7 Å². The summed E-state index contributed by atoms with van der Waals surface area (Å²) in [6.07, 6.45) is 2.21. The fraction of sp³-hybridized carbons (Fsp3) is 0.333. The molecule has 0 amide bonds. The van der Waals surface area contributed by atoms with Crippen LogP contribution in [0.2, 0.25) is 0 Å². The third-order valence-corrected chi connectivity index (χ3v) is 6.02. The van der Waals surface area contributed by atoms with Crippen LogP contribution in [0.25, 0.3) is 10.8 Å². The molecule has 2 atom stereocenters. The molecule has 3 aromatic rings. The Kier molecular flexibility index (Phi) is 5.49. The second-order valence-corrected chi connectivity index (χ2v) is 7.54. The molecule has 5 nitrogen and oxygen atoms in total. The molecule has 0 radical (unpaired) electrons. The van der Waals surface area contributed by atoms with Crippen molar-refractivity contribution in [2.75, 3.05) is 27.9 Å². The molecule has 1 heterocycles. The van der Waals surface area contributed by atoms with Crippen molar-refractivity contribution in [3.63, 3.8) is 0 Å². The van der Waals surface area contributed by atoms with Crippen molar-refractivity contribution in [2.24, 2.45) is 0 Å². The summed E-state index contributed by atoms with van der Waals surface area (Å²) in [7, 11) is 5.07. The summed E-state index contributed by atoms with van der Waals surface area (Å²) >= 11 is 0. The largest absolute Gasteiger partial charge is 0.507 e. The number of nitrogens with one attached hydrogen (secondary N) is 1. The van der Waals surface area contributed by atoms with E-state index < -0.39 is 0 Å². The summed E-state index contributed by atoms with van der Waals surface area (Å²) in [5.74, 6) is 2.86. The van der Waals surface area contributed by atoms with Crippen LogP contribution in [0.15, 0.2) is 48.5 Å². The number of phenols is 1. The van der Waals surface area contributed by atoms with E-state index >= 15 is 0 Å². The van der Waals surface area contributed by atoms with Crippen molar-refractivity contribution in [3.8, 4) is 23.0 Å². The van der Waals surface area contributed by atoms with Crippen molar-refractivity contribution < 1.29 is 24.2 Å². The number of likely N-dealkylation sites (tertiary alicyclic amines) is 1. The molecule has 1 fully saturated rings. The van der Waals surface area contributed by atoms with Gasteiger partial charge in [0.05, 0.1) is 39.0 Å². The smallest absolute Gasteiger partial charge is 0.128 e. The maximum Gasteiger partial charge on any atom is 0.128 e. The van der Waals surface area contributed by atoms with Crippen molar-refractivity contribution in [1.29, 1.82) is 0 Å². The van der Waals surface area contributed by atoms with Crippen LogP contribution < -0.4 is 19.1 Å². The molecular formula is C24H28NO4+. The topological polar surface area (TPSA) is 52.4 Å². The summed E-state index contributed by atoms with van der Waals surface area (Å²) in [4.78, 5) is 1.42. The lowest BCUT2D eigenvalue weighted by Crippen LogP contribution is -3.08. The number of methoxy groups -OCH3 is 3. The first kappa shape index (κ1) is 19.4. The average molecular weight is 394 g/mol. The number of quaternary nitrogens is 1. The number of benzene rings is 3. The van der Waals surface area contributed by atoms with Gasteiger partial charge in [0.25, 0.3) is 0 Å². The van der Waals surface area contributed by atoms with Gasteiger partial charge in [-0.2, -0.15) is 0 Å². The lowest BCUT2D eigenvalue weighted by molar-refractivity contribution is -0.931. The number of phenolic OH excluding ortho intramolecular Hbond substituents is 1. The highest BCUT2D eigenvalue weighted by molar-refractivity contribution is 5.88. The van der Waals surface area contributed by atoms with Gasteiger partial charge in [0, 0.05) is 12.8 Å². The molecule has 29 heavy (non-hydrogen) atoms. The number of rotatable bonds is 6. The van der Waals surface area contributed by atoms with Crippen LogP contribution >= 0.6 is 0 Å². The van der Waals surface area contributed by atoms with Crippen LogP contribution in [0.4, 0.5) is 0 Å². The fourth-order valence-corrected chi connectivity index (χ4v) is 4.50. The van der Waals surface area contributed by atoms with Crippen LogP contribution in [0, 0.1) is 0 Å². The standard InChI is InChI=1S/C24H27NO4/c1-27-17-8-6-16-7-10-23(26)21(19(16)13-17)15-25-12-4-5-22(25)20-14-18(28-2)9-11-24(20)29-3/h6-11,13-14,22,26H,4-5,12,15H2,1-3H3/p+1/t22-/m1/s1. The lowest BCUT2D eigenvalue weighted by Gasteiger charge is -2.24. The number of aromatic hydroxyl groups is 1. The van der Waals surface area contributed by atoms with E-state index in [1.54, 1.807) is 27.4 Å². The summed E-state index contributed by atoms with van der Waals surface area (Å²) in [6.45, 7) is 1.78. The highest BCUT2D eigenvalue weighted by Gasteiger charge is 2.33. The van der Waals surface area contributed by atoms with Crippen LogP contribution in [0.3, 0.4) is 0 Å². The van der Waals surface area contributed by atoms with Crippen molar-refractivity contribution >= 4 is 10.8 Å². The highest BCUT2D eigenvalue weighted by atomic mass is 16.5. The minimum absolute atomic E-state index is 0.292. The number of hydrogen-bond donors (Lipinski definition) is 2. The van der Waals surface area contributed by atoms with Crippen molar-refractivity contribution in [1.82, 2.24) is 0 Å². The van der Waals surface area contributed by atoms with Gasteiger partial charge in [-0.1, -0.05) is 12.1 Å². The zero-order valence-electron chi connectivity index (χ0n) is 17.2. The first-order valence-corrected chi connectivity index (χ1v) is 9.99. The second kappa shape index (κ2) is 8.21. The quantitative estimate of drug-likeness (QED) is 0.672. The van der Waals surface area contributed by atoms with Gasteiger partial charge in [0.1, 0.15) is 35.6 Å². The van der Waals surface area contributed by atoms with Gasteiger partial charge >= 0.3 is 0 Å². The minimum atomic E-state index is 0.292. The summed E-state index contributed by atoms with van der Waals surface area (Å²) in [6, 6.07) is 16.0. The van der Waals surface area contributed by atoms with E-state index in [-0.39, 0.29) is 0 Å². The molecule has 152 valence electrons. The van der Waals surface area contributed by atoms with Gasteiger partial charge in [-0.05, 0) is 47.2 Å². The molecule has 1 unspecified atom stereocenters. The van der Waals surface area contributed by atoms with Gasteiger partial charge < -0.3 is 24.2 Å². The van der Waals surface area contributed by atoms with Crippen LogP contribution in [-0.2, 0) is 6.54 Å². The van der Waals surface area contributed by atoms with E-state index in [1.165, 1.54) is 4.90 Å². The first-order chi connectivity index (χ1) is 14.1. The normalized spacial score (nSPS) is 18.7. The average Bonchev–Trinajstić information content (AvgIpc) is 3.23. The predicted octanol–water partition coefficient (Wildman–Crippen LogP) is 3.49. The molecule has 5 heteroatoms. The highest BCUT2D eigenvalue weighted by Crippen LogP contribution is 2.34. The van der Waals surface area contributed by atoms with Crippen molar-refractivity contribution in [2.45, 2.75) is 25.4 Å². The molecular weight excluding hydrogens is 366 g/mol. The van der Waals surface area contributed by atoms with E-state index in [4.69, 9.17) is 14.2 Å². The van der Waals surface area contributed by atoms with E-state index in [9.17, 15) is 5.11 Å². The number of fused-ring (bicyclic) bond motifs is 1. The Hall–Kier alpha value is -2.92. The Morgan fingerprint density at radius 2 is 1.66 bits per heavy atom. The van der Waals surface area contributed by atoms with E-state index in [0.29, 0.717) is 11.8 Å². The monoisotopic (exact) mass is 394 g/mol. The van der Waals surface area contributed by atoms with Gasteiger partial charge in [-0.3, -0.25) is 0 Å². The SMILES string of the molecule is COc1ccc(OC)c([C@H]2CCC[NH+]2Cc2c(O)ccc3ccc(OC)cc23)c1. The predicted molar refractivity (Wildman–Crippen MR) is 113 cm³/mol. The third kappa shape index (κ3) is 3.70. The Labute approximate surface area is 171 Å². The molecule has 0 spiro atoms.